The molecule has 1 aromatic heterocycles. The number of hydrogen-bond acceptors (Lipinski definition) is 4. The highest BCUT2D eigenvalue weighted by molar-refractivity contribution is 6.40. The van der Waals surface area contributed by atoms with Crippen LogP contribution < -0.4 is 5.32 Å². The van der Waals surface area contributed by atoms with E-state index < -0.39 is 5.97 Å². The fraction of sp³-hybridized carbons (Fsp3) is 0.158. The summed E-state index contributed by atoms with van der Waals surface area (Å²) in [7, 11) is 0. The molecule has 1 heterocycles. The number of carbonyl (C=O) groups is 2. The van der Waals surface area contributed by atoms with Crippen LogP contribution in [-0.2, 0) is 4.74 Å². The number of H-pyrrole nitrogens is 1. The van der Waals surface area contributed by atoms with Gasteiger partial charge in [0.05, 0.1) is 29.4 Å². The van der Waals surface area contributed by atoms with Gasteiger partial charge in [-0.05, 0) is 19.1 Å². The molecule has 0 bridgehead atoms. The van der Waals surface area contributed by atoms with Gasteiger partial charge in [-0.1, -0.05) is 53.5 Å². The summed E-state index contributed by atoms with van der Waals surface area (Å²) < 4.78 is 5.09. The van der Waals surface area contributed by atoms with Crippen molar-refractivity contribution in [2.75, 3.05) is 18.5 Å². The third kappa shape index (κ3) is 3.69. The summed E-state index contributed by atoms with van der Waals surface area (Å²) in [6.07, 6.45) is 0. The molecule has 2 aromatic carbocycles. The minimum absolute atomic E-state index is 0.00231. The normalized spacial score (nSPS) is 10.7. The molecule has 0 saturated heterocycles. The van der Waals surface area contributed by atoms with E-state index in [-0.39, 0.29) is 24.6 Å². The van der Waals surface area contributed by atoms with Crippen molar-refractivity contribution in [3.8, 4) is 0 Å². The zero-order chi connectivity index (χ0) is 18.7. The van der Waals surface area contributed by atoms with Crippen molar-refractivity contribution in [1.82, 2.24) is 4.98 Å². The summed E-state index contributed by atoms with van der Waals surface area (Å²) in [6.45, 7) is 1.95. The van der Waals surface area contributed by atoms with E-state index in [0.717, 1.165) is 0 Å². The molecule has 0 fully saturated rings. The molecular formula is C19H16Cl2N2O3. The van der Waals surface area contributed by atoms with Crippen LogP contribution in [0.2, 0.25) is 10.0 Å². The lowest BCUT2D eigenvalue weighted by Gasteiger charge is -2.08. The van der Waals surface area contributed by atoms with Crippen molar-refractivity contribution in [2.45, 2.75) is 6.92 Å². The van der Waals surface area contributed by atoms with Gasteiger partial charge in [0.25, 0.3) is 0 Å². The molecule has 2 N–H and O–H groups in total. The zero-order valence-electron chi connectivity index (χ0n) is 13.9. The molecule has 7 heteroatoms. The van der Waals surface area contributed by atoms with Crippen LogP contribution in [0.1, 0.15) is 27.8 Å². The average Bonchev–Trinajstić information content (AvgIpc) is 2.99. The summed E-state index contributed by atoms with van der Waals surface area (Å²) >= 11 is 12.4. The molecule has 0 radical (unpaired) electrons. The molecule has 3 rings (SSSR count). The van der Waals surface area contributed by atoms with Crippen LogP contribution in [0.4, 0.5) is 5.69 Å². The van der Waals surface area contributed by atoms with Gasteiger partial charge in [-0.3, -0.25) is 4.79 Å². The Labute approximate surface area is 160 Å². The summed E-state index contributed by atoms with van der Waals surface area (Å²) in [5.41, 5.74) is 1.78. The Morgan fingerprint density at radius 1 is 1.15 bits per heavy atom. The molecule has 0 aliphatic carbocycles. The fourth-order valence-electron chi connectivity index (χ4n) is 2.68. The Morgan fingerprint density at radius 3 is 2.58 bits per heavy atom. The van der Waals surface area contributed by atoms with Crippen molar-refractivity contribution >= 4 is 51.5 Å². The molecule has 0 aliphatic heterocycles. The molecule has 26 heavy (non-hydrogen) atoms. The molecule has 0 aliphatic rings. The van der Waals surface area contributed by atoms with Crippen molar-refractivity contribution < 1.29 is 14.3 Å². The third-order valence-corrected chi connectivity index (χ3v) is 4.33. The van der Waals surface area contributed by atoms with Gasteiger partial charge >= 0.3 is 5.97 Å². The number of aromatic amines is 1. The van der Waals surface area contributed by atoms with E-state index in [1.807, 2.05) is 6.07 Å². The van der Waals surface area contributed by atoms with Gasteiger partial charge < -0.3 is 15.0 Å². The molecule has 0 unspecified atom stereocenters. The quantitative estimate of drug-likeness (QED) is 0.461. The number of anilines is 1. The molecule has 3 aromatic rings. The SMILES string of the molecule is CCOC(=O)c1[nH]c2cc(Cl)cc(Cl)c2c1NCC(=O)c1ccccc1. The lowest BCUT2D eigenvalue weighted by atomic mass is 10.1. The predicted octanol–water partition coefficient (Wildman–Crippen LogP) is 4.95. The van der Waals surface area contributed by atoms with Crippen molar-refractivity contribution in [1.29, 1.82) is 0 Å². The fourth-order valence-corrected chi connectivity index (χ4v) is 3.26. The highest BCUT2D eigenvalue weighted by atomic mass is 35.5. The molecule has 0 spiro atoms. The molecule has 0 saturated carbocycles. The number of carbonyl (C=O) groups excluding carboxylic acids is 2. The number of benzene rings is 2. The highest BCUT2D eigenvalue weighted by Crippen LogP contribution is 2.36. The van der Waals surface area contributed by atoms with Crippen LogP contribution in [0.5, 0.6) is 0 Å². The average molecular weight is 391 g/mol. The monoisotopic (exact) mass is 390 g/mol. The van der Waals surface area contributed by atoms with E-state index in [4.69, 9.17) is 27.9 Å². The number of fused-ring (bicyclic) bond motifs is 1. The van der Waals surface area contributed by atoms with Crippen molar-refractivity contribution in [3.63, 3.8) is 0 Å². The zero-order valence-corrected chi connectivity index (χ0v) is 15.4. The number of nitrogens with one attached hydrogen (secondary N) is 2. The first-order valence-corrected chi connectivity index (χ1v) is 8.76. The second-order valence-electron chi connectivity index (χ2n) is 5.55. The Bertz CT molecular complexity index is 968. The maximum Gasteiger partial charge on any atom is 0.356 e. The number of rotatable bonds is 6. The maximum atomic E-state index is 12.4. The van der Waals surface area contributed by atoms with Crippen molar-refractivity contribution in [2.24, 2.45) is 0 Å². The maximum absolute atomic E-state index is 12.4. The first kappa shape index (κ1) is 18.3. The Kier molecular flexibility index (Phi) is 5.49. The predicted molar refractivity (Wildman–Crippen MR) is 104 cm³/mol. The van der Waals surface area contributed by atoms with Crippen molar-refractivity contribution in [3.05, 3.63) is 63.8 Å². The number of aromatic nitrogens is 1. The first-order chi connectivity index (χ1) is 12.5. The second kappa shape index (κ2) is 7.81. The highest BCUT2D eigenvalue weighted by Gasteiger charge is 2.22. The summed E-state index contributed by atoms with van der Waals surface area (Å²) in [6, 6.07) is 12.1. The number of ketones is 1. The van der Waals surface area contributed by atoms with Crippen LogP contribution in [0.15, 0.2) is 42.5 Å². The van der Waals surface area contributed by atoms with Gasteiger partial charge in [0.1, 0.15) is 5.69 Å². The Morgan fingerprint density at radius 2 is 1.88 bits per heavy atom. The summed E-state index contributed by atoms with van der Waals surface area (Å²) in [4.78, 5) is 27.6. The Balaban J connectivity index is 1.98. The summed E-state index contributed by atoms with van der Waals surface area (Å²) in [5, 5.41) is 4.41. The van der Waals surface area contributed by atoms with Crippen LogP contribution in [-0.4, -0.2) is 29.9 Å². The lowest BCUT2D eigenvalue weighted by molar-refractivity contribution is 0.0521. The number of esters is 1. The van der Waals surface area contributed by atoms with E-state index >= 15 is 0 Å². The topological polar surface area (TPSA) is 71.2 Å². The third-order valence-electron chi connectivity index (χ3n) is 3.82. The number of halogens is 2. The van der Waals surface area contributed by atoms with E-state index in [0.29, 0.717) is 32.2 Å². The lowest BCUT2D eigenvalue weighted by Crippen LogP contribution is -2.16. The summed E-state index contributed by atoms with van der Waals surface area (Å²) in [5.74, 6) is -0.648. The van der Waals surface area contributed by atoms with Gasteiger partial charge in [0.2, 0.25) is 0 Å². The first-order valence-electron chi connectivity index (χ1n) is 8.01. The molecule has 134 valence electrons. The Hall–Kier alpha value is -2.50. The van der Waals surface area contributed by atoms with Gasteiger partial charge in [0.15, 0.2) is 5.78 Å². The van der Waals surface area contributed by atoms with E-state index in [1.165, 1.54) is 0 Å². The van der Waals surface area contributed by atoms with Gasteiger partial charge in [0, 0.05) is 16.0 Å². The number of hydrogen-bond donors (Lipinski definition) is 2. The standard InChI is InChI=1S/C19H16Cl2N2O3/c1-2-26-19(25)18-17(16-13(21)8-12(20)9-14(16)23-18)22-10-15(24)11-6-4-3-5-7-11/h3-9,22-23H,2,10H2,1H3. The molecule has 0 atom stereocenters. The number of ether oxygens (including phenoxy) is 1. The smallest absolute Gasteiger partial charge is 0.356 e. The minimum Gasteiger partial charge on any atom is -0.461 e. The van der Waals surface area contributed by atoms with Crippen LogP contribution in [0.25, 0.3) is 10.9 Å². The molecule has 5 nitrogen and oxygen atoms in total. The van der Waals surface area contributed by atoms with Gasteiger partial charge in [-0.15, -0.1) is 0 Å². The van der Waals surface area contributed by atoms with E-state index in [1.54, 1.807) is 43.3 Å². The van der Waals surface area contributed by atoms with E-state index in [2.05, 4.69) is 10.3 Å². The largest absolute Gasteiger partial charge is 0.461 e. The number of Topliss-reactive ketones (excluding diaryl/α,β-unsaturated/α-hetero) is 1. The van der Waals surface area contributed by atoms with E-state index in [9.17, 15) is 9.59 Å². The molecule has 0 amide bonds. The van der Waals surface area contributed by atoms with Gasteiger partial charge in [-0.2, -0.15) is 0 Å². The minimum atomic E-state index is -0.537. The van der Waals surface area contributed by atoms with Crippen LogP contribution in [0, 0.1) is 0 Å². The van der Waals surface area contributed by atoms with Crippen LogP contribution in [0.3, 0.4) is 0 Å². The van der Waals surface area contributed by atoms with Gasteiger partial charge in [-0.25, -0.2) is 4.79 Å². The molecular weight excluding hydrogens is 375 g/mol. The van der Waals surface area contributed by atoms with Crippen LogP contribution >= 0.6 is 23.2 Å². The second-order valence-corrected chi connectivity index (χ2v) is 6.39.